The Morgan fingerprint density at radius 2 is 2.20 bits per heavy atom. The van der Waals surface area contributed by atoms with Crippen LogP contribution in [-0.2, 0) is 11.4 Å². The Morgan fingerprint density at radius 3 is 2.96 bits per heavy atom. The predicted octanol–water partition coefficient (Wildman–Crippen LogP) is 2.69. The van der Waals surface area contributed by atoms with E-state index in [0.717, 1.165) is 12.0 Å². The molecule has 2 atom stereocenters. The molecule has 0 bridgehead atoms. The van der Waals surface area contributed by atoms with Crippen LogP contribution in [0.5, 0.6) is 11.5 Å². The molecule has 25 heavy (non-hydrogen) atoms. The van der Waals surface area contributed by atoms with Crippen molar-refractivity contribution in [1.29, 1.82) is 0 Å². The largest absolute Gasteiger partial charge is 0.493 e. The monoisotopic (exact) mass is 344 g/mol. The summed E-state index contributed by atoms with van der Waals surface area (Å²) in [4.78, 5) is 11.3. The Labute approximate surface area is 145 Å². The number of ether oxygens (including phenoxy) is 2. The van der Waals surface area contributed by atoms with Crippen LogP contribution in [0, 0.1) is 5.82 Å². The van der Waals surface area contributed by atoms with Gasteiger partial charge in [0, 0.05) is 29.7 Å². The number of hydrogen-bond acceptors (Lipinski definition) is 4. The lowest BCUT2D eigenvalue weighted by atomic mass is 9.99. The van der Waals surface area contributed by atoms with Crippen molar-refractivity contribution in [3.63, 3.8) is 0 Å². The number of carbonyl (C=O) groups is 1. The number of nitrogens with two attached hydrogens (primary N) is 1. The summed E-state index contributed by atoms with van der Waals surface area (Å²) in [5.41, 5.74) is 6.77. The number of halogens is 1. The minimum atomic E-state index is -0.423. The first kappa shape index (κ1) is 17.2. The molecule has 132 valence electrons. The van der Waals surface area contributed by atoms with Crippen LogP contribution >= 0.6 is 0 Å². The van der Waals surface area contributed by atoms with Crippen molar-refractivity contribution < 1.29 is 18.7 Å². The lowest BCUT2D eigenvalue weighted by Gasteiger charge is -2.28. The molecule has 0 saturated heterocycles. The highest BCUT2D eigenvalue weighted by atomic mass is 19.1. The second-order valence-electron chi connectivity index (χ2n) is 6.06. The van der Waals surface area contributed by atoms with Crippen LogP contribution in [-0.4, -0.2) is 18.6 Å². The molecule has 1 heterocycles. The van der Waals surface area contributed by atoms with E-state index in [-0.39, 0.29) is 18.5 Å². The third-order valence-electron chi connectivity index (χ3n) is 4.25. The fraction of sp³-hybridized carbons (Fsp3) is 0.316. The number of nitrogens with one attached hydrogen (secondary N) is 1. The molecule has 1 aliphatic heterocycles. The van der Waals surface area contributed by atoms with Gasteiger partial charge in [0.1, 0.15) is 23.9 Å². The van der Waals surface area contributed by atoms with Crippen LogP contribution in [0.25, 0.3) is 0 Å². The molecular formula is C19H21FN2O3. The maximum Gasteiger partial charge on any atom is 0.234 e. The van der Waals surface area contributed by atoms with E-state index in [1.165, 1.54) is 6.07 Å². The average Bonchev–Trinajstić information content (AvgIpc) is 2.61. The second kappa shape index (κ2) is 7.53. The maximum atomic E-state index is 13.7. The number of hydrogen-bond donors (Lipinski definition) is 2. The SMILES string of the molecule is C[C@H](NC1CCOc2cc(OCc3ccccc3F)ccc21)C(N)=O. The lowest BCUT2D eigenvalue weighted by molar-refractivity contribution is -0.119. The van der Waals surface area contributed by atoms with E-state index in [4.69, 9.17) is 15.2 Å². The Balaban J connectivity index is 1.71. The van der Waals surface area contributed by atoms with Crippen molar-refractivity contribution in [3.05, 3.63) is 59.4 Å². The molecule has 1 aliphatic rings. The van der Waals surface area contributed by atoms with E-state index >= 15 is 0 Å². The molecule has 1 unspecified atom stereocenters. The van der Waals surface area contributed by atoms with Gasteiger partial charge < -0.3 is 15.2 Å². The van der Waals surface area contributed by atoms with E-state index in [2.05, 4.69) is 5.32 Å². The summed E-state index contributed by atoms with van der Waals surface area (Å²) >= 11 is 0. The lowest BCUT2D eigenvalue weighted by Crippen LogP contribution is -2.42. The zero-order valence-corrected chi connectivity index (χ0v) is 14.0. The minimum Gasteiger partial charge on any atom is -0.493 e. The van der Waals surface area contributed by atoms with Crippen molar-refractivity contribution >= 4 is 5.91 Å². The van der Waals surface area contributed by atoms with Gasteiger partial charge in [-0.25, -0.2) is 4.39 Å². The minimum absolute atomic E-state index is 0.00753. The van der Waals surface area contributed by atoms with Gasteiger partial charge in [-0.1, -0.05) is 24.3 Å². The van der Waals surface area contributed by atoms with Gasteiger partial charge in [-0.3, -0.25) is 10.1 Å². The van der Waals surface area contributed by atoms with Crippen molar-refractivity contribution in [2.24, 2.45) is 5.73 Å². The summed E-state index contributed by atoms with van der Waals surface area (Å²) in [7, 11) is 0. The Bertz CT molecular complexity index is 766. The summed E-state index contributed by atoms with van der Waals surface area (Å²) in [6.45, 7) is 2.42. The second-order valence-corrected chi connectivity index (χ2v) is 6.06. The van der Waals surface area contributed by atoms with Gasteiger partial charge in [0.2, 0.25) is 5.91 Å². The number of carbonyl (C=O) groups excluding carboxylic acids is 1. The van der Waals surface area contributed by atoms with Crippen molar-refractivity contribution in [2.75, 3.05) is 6.61 Å². The molecule has 0 aromatic heterocycles. The third kappa shape index (κ3) is 4.09. The Morgan fingerprint density at radius 1 is 1.40 bits per heavy atom. The first-order chi connectivity index (χ1) is 12.0. The molecule has 0 spiro atoms. The van der Waals surface area contributed by atoms with Crippen LogP contribution in [0.2, 0.25) is 0 Å². The number of benzene rings is 2. The summed E-state index contributed by atoms with van der Waals surface area (Å²) in [5.74, 6) is 0.622. The van der Waals surface area contributed by atoms with Gasteiger partial charge in [-0.2, -0.15) is 0 Å². The highest BCUT2D eigenvalue weighted by Gasteiger charge is 2.24. The fourth-order valence-electron chi connectivity index (χ4n) is 2.79. The van der Waals surface area contributed by atoms with Crippen LogP contribution < -0.4 is 20.5 Å². The number of fused-ring (bicyclic) bond motifs is 1. The van der Waals surface area contributed by atoms with Crippen LogP contribution in [0.1, 0.15) is 30.5 Å². The number of primary amides is 1. The molecule has 0 fully saturated rings. The van der Waals surface area contributed by atoms with E-state index in [0.29, 0.717) is 23.7 Å². The molecule has 3 N–H and O–H groups in total. The van der Waals surface area contributed by atoms with E-state index < -0.39 is 11.9 Å². The summed E-state index contributed by atoms with van der Waals surface area (Å²) in [6, 6.07) is 11.6. The van der Waals surface area contributed by atoms with Crippen LogP contribution in [0.3, 0.4) is 0 Å². The average molecular weight is 344 g/mol. The van der Waals surface area contributed by atoms with Crippen LogP contribution in [0.15, 0.2) is 42.5 Å². The number of rotatable bonds is 6. The summed E-state index contributed by atoms with van der Waals surface area (Å²) in [6.07, 6.45) is 0.750. The topological polar surface area (TPSA) is 73.6 Å². The summed E-state index contributed by atoms with van der Waals surface area (Å²) < 4.78 is 25.0. The third-order valence-corrected chi connectivity index (χ3v) is 4.25. The molecule has 0 saturated carbocycles. The molecule has 6 heteroatoms. The van der Waals surface area contributed by atoms with Gasteiger partial charge >= 0.3 is 0 Å². The number of amides is 1. The van der Waals surface area contributed by atoms with Gasteiger partial charge in [0.15, 0.2) is 0 Å². The molecule has 2 aromatic carbocycles. The van der Waals surface area contributed by atoms with Crippen molar-refractivity contribution in [1.82, 2.24) is 5.32 Å². The highest BCUT2D eigenvalue weighted by Crippen LogP contribution is 2.35. The fourth-order valence-corrected chi connectivity index (χ4v) is 2.79. The van der Waals surface area contributed by atoms with Gasteiger partial charge in [-0.15, -0.1) is 0 Å². The maximum absolute atomic E-state index is 13.7. The molecule has 1 amide bonds. The van der Waals surface area contributed by atoms with Crippen molar-refractivity contribution in [3.8, 4) is 11.5 Å². The summed E-state index contributed by atoms with van der Waals surface area (Å²) in [5, 5.41) is 3.21. The van der Waals surface area contributed by atoms with Crippen LogP contribution in [0.4, 0.5) is 4.39 Å². The Hall–Kier alpha value is -2.60. The van der Waals surface area contributed by atoms with Gasteiger partial charge in [0.25, 0.3) is 0 Å². The first-order valence-corrected chi connectivity index (χ1v) is 8.23. The zero-order chi connectivity index (χ0) is 17.8. The molecule has 2 aromatic rings. The molecular weight excluding hydrogens is 323 g/mol. The molecule has 3 rings (SSSR count). The molecule has 5 nitrogen and oxygen atoms in total. The standard InChI is InChI=1S/C19H21FN2O3/c1-12(19(21)23)22-17-8-9-24-18-10-14(6-7-15(17)18)25-11-13-4-2-3-5-16(13)20/h2-7,10,12,17,22H,8-9,11H2,1H3,(H2,21,23)/t12-,17?/m0/s1. The van der Waals surface area contributed by atoms with E-state index in [9.17, 15) is 9.18 Å². The smallest absolute Gasteiger partial charge is 0.234 e. The molecule has 0 radical (unpaired) electrons. The van der Waals surface area contributed by atoms with E-state index in [1.807, 2.05) is 12.1 Å². The van der Waals surface area contributed by atoms with E-state index in [1.54, 1.807) is 31.2 Å². The quantitative estimate of drug-likeness (QED) is 0.845. The normalized spacial score (nSPS) is 17.3. The zero-order valence-electron chi connectivity index (χ0n) is 14.0. The predicted molar refractivity (Wildman–Crippen MR) is 91.8 cm³/mol. The van der Waals surface area contributed by atoms with Gasteiger partial charge in [-0.05, 0) is 19.1 Å². The Kier molecular flexibility index (Phi) is 5.19. The van der Waals surface area contributed by atoms with Crippen molar-refractivity contribution in [2.45, 2.75) is 32.0 Å². The molecule has 0 aliphatic carbocycles. The highest BCUT2D eigenvalue weighted by molar-refractivity contribution is 5.79. The van der Waals surface area contributed by atoms with Gasteiger partial charge in [0.05, 0.1) is 12.6 Å². The first-order valence-electron chi connectivity index (χ1n) is 8.23.